The Labute approximate surface area is 116 Å². The van der Waals surface area contributed by atoms with Crippen LogP contribution in [0.4, 0.5) is 5.69 Å². The van der Waals surface area contributed by atoms with E-state index in [-0.39, 0.29) is 18.4 Å². The number of hydrogen-bond acceptors (Lipinski definition) is 5. The number of para-hydroxylation sites is 1. The monoisotopic (exact) mass is 276 g/mol. The van der Waals surface area contributed by atoms with Crippen LogP contribution in [0.25, 0.3) is 0 Å². The Morgan fingerprint density at radius 2 is 2.15 bits per heavy atom. The molecule has 106 valence electrons. The Bertz CT molecular complexity index is 558. The molecule has 3 heterocycles. The van der Waals surface area contributed by atoms with Gasteiger partial charge in [-0.2, -0.15) is 0 Å². The highest BCUT2D eigenvalue weighted by atomic mass is 16.9. The van der Waals surface area contributed by atoms with E-state index in [1.807, 2.05) is 30.0 Å². The van der Waals surface area contributed by atoms with Gasteiger partial charge >= 0.3 is 5.97 Å². The Hall–Kier alpha value is -1.63. The molecule has 2 N–H and O–H groups in total. The number of rotatable bonds is 2. The molecule has 3 aliphatic heterocycles. The van der Waals surface area contributed by atoms with Gasteiger partial charge in [-0.05, 0) is 25.0 Å². The molecule has 6 heteroatoms. The van der Waals surface area contributed by atoms with E-state index < -0.39 is 18.4 Å². The molecule has 1 aromatic carbocycles. The van der Waals surface area contributed by atoms with Crippen LogP contribution < -0.4 is 10.2 Å². The van der Waals surface area contributed by atoms with Crippen molar-refractivity contribution in [3.05, 3.63) is 29.8 Å². The van der Waals surface area contributed by atoms with E-state index >= 15 is 0 Å². The molecule has 0 aliphatic carbocycles. The first kappa shape index (κ1) is 12.1. The first-order chi connectivity index (χ1) is 9.65. The van der Waals surface area contributed by atoms with Gasteiger partial charge < -0.3 is 19.5 Å². The van der Waals surface area contributed by atoms with E-state index in [1.54, 1.807) is 0 Å². The second-order valence-corrected chi connectivity index (χ2v) is 5.46. The quantitative estimate of drug-likeness (QED) is 0.841. The maximum atomic E-state index is 11.2. The van der Waals surface area contributed by atoms with E-state index in [0.717, 1.165) is 5.69 Å². The largest absolute Gasteiger partial charge is 0.480 e. The van der Waals surface area contributed by atoms with Gasteiger partial charge in [0, 0.05) is 11.6 Å². The Morgan fingerprint density at radius 1 is 1.40 bits per heavy atom. The summed E-state index contributed by atoms with van der Waals surface area (Å²) in [7, 11) is 0. The van der Waals surface area contributed by atoms with Crippen molar-refractivity contribution in [2.45, 2.75) is 44.2 Å². The zero-order valence-electron chi connectivity index (χ0n) is 11.0. The fraction of sp³-hybridized carbons (Fsp3) is 0.500. The number of carboxylic acid groups (broad SMARTS) is 1. The summed E-state index contributed by atoms with van der Waals surface area (Å²) in [5.74, 6) is -0.643. The molecule has 1 aromatic rings. The summed E-state index contributed by atoms with van der Waals surface area (Å²) in [5.41, 5.74) is 2.23. The van der Waals surface area contributed by atoms with Crippen LogP contribution in [0.2, 0.25) is 0 Å². The van der Waals surface area contributed by atoms with Gasteiger partial charge in [0.1, 0.15) is 6.04 Å². The molecule has 0 aromatic heterocycles. The average molecular weight is 276 g/mol. The lowest BCUT2D eigenvalue weighted by molar-refractivity contribution is -0.376. The van der Waals surface area contributed by atoms with Crippen LogP contribution >= 0.6 is 0 Å². The molecular weight excluding hydrogens is 260 g/mol. The molecule has 2 saturated heterocycles. The maximum absolute atomic E-state index is 11.2. The molecule has 6 nitrogen and oxygen atoms in total. The highest BCUT2D eigenvalue weighted by Crippen LogP contribution is 2.47. The number of ether oxygens (including phenoxy) is 2. The number of aliphatic carboxylic acids is 1. The lowest BCUT2D eigenvalue weighted by Crippen LogP contribution is -2.57. The SMILES string of the molecule is CC1OC(N2c3ccccc3[C@H]3C[C@@H](C(=O)O)N[C@H]32)O1. The van der Waals surface area contributed by atoms with E-state index in [0.29, 0.717) is 6.42 Å². The topological polar surface area (TPSA) is 71.0 Å². The van der Waals surface area contributed by atoms with E-state index in [4.69, 9.17) is 9.47 Å². The van der Waals surface area contributed by atoms with Crippen LogP contribution in [0.15, 0.2) is 24.3 Å². The average Bonchev–Trinajstić information content (AvgIpc) is 2.92. The summed E-state index contributed by atoms with van der Waals surface area (Å²) < 4.78 is 11.2. The predicted molar refractivity (Wildman–Crippen MR) is 70.0 cm³/mol. The predicted octanol–water partition coefficient (Wildman–Crippen LogP) is 1.04. The molecule has 0 saturated carbocycles. The molecule has 0 amide bonds. The summed E-state index contributed by atoms with van der Waals surface area (Å²) in [6.45, 7) is 1.85. The summed E-state index contributed by atoms with van der Waals surface area (Å²) in [6, 6.07) is 7.53. The van der Waals surface area contributed by atoms with E-state index in [2.05, 4.69) is 11.4 Å². The number of nitrogens with zero attached hydrogens (tertiary/aromatic N) is 1. The van der Waals surface area contributed by atoms with Crippen LogP contribution in [0.3, 0.4) is 0 Å². The van der Waals surface area contributed by atoms with E-state index in [9.17, 15) is 9.90 Å². The van der Waals surface area contributed by atoms with Gasteiger partial charge in [-0.25, -0.2) is 0 Å². The second-order valence-electron chi connectivity index (χ2n) is 5.46. The first-order valence-electron chi connectivity index (χ1n) is 6.82. The van der Waals surface area contributed by atoms with Crippen molar-refractivity contribution < 1.29 is 19.4 Å². The molecule has 20 heavy (non-hydrogen) atoms. The minimum absolute atomic E-state index is 0.0778. The zero-order chi connectivity index (χ0) is 13.9. The van der Waals surface area contributed by atoms with Crippen LogP contribution in [0.1, 0.15) is 24.8 Å². The van der Waals surface area contributed by atoms with Gasteiger partial charge in [-0.3, -0.25) is 10.1 Å². The minimum atomic E-state index is -0.805. The highest BCUT2D eigenvalue weighted by molar-refractivity contribution is 5.76. The molecular formula is C14H16N2O4. The van der Waals surface area contributed by atoms with Crippen molar-refractivity contribution in [3.8, 4) is 0 Å². The fourth-order valence-corrected chi connectivity index (χ4v) is 3.42. The maximum Gasteiger partial charge on any atom is 0.320 e. The standard InChI is InChI=1S/C14H16N2O4/c1-7-19-14(20-7)16-11-5-3-2-4-8(11)9-6-10(13(17)18)15-12(9)16/h2-5,7,9-10,12,14-15H,6H2,1H3,(H,17,18)/t7?,9-,10+,12+,14?/m1/s1. The molecule has 0 radical (unpaired) electrons. The van der Waals surface area contributed by atoms with Crippen LogP contribution in [-0.2, 0) is 14.3 Å². The number of benzene rings is 1. The third-order valence-corrected chi connectivity index (χ3v) is 4.30. The summed E-state index contributed by atoms with van der Waals surface area (Å²) in [6.07, 6.45) is -0.120. The van der Waals surface area contributed by atoms with Gasteiger partial charge in [0.25, 0.3) is 0 Å². The van der Waals surface area contributed by atoms with Crippen LogP contribution in [0.5, 0.6) is 0 Å². The second kappa shape index (κ2) is 4.18. The molecule has 0 spiro atoms. The van der Waals surface area contributed by atoms with Crippen LogP contribution in [-0.4, -0.2) is 36.0 Å². The Kier molecular flexibility index (Phi) is 2.54. The summed E-state index contributed by atoms with van der Waals surface area (Å²) in [4.78, 5) is 13.2. The van der Waals surface area contributed by atoms with Crippen molar-refractivity contribution in [1.82, 2.24) is 5.32 Å². The summed E-state index contributed by atoms with van der Waals surface area (Å²) >= 11 is 0. The van der Waals surface area contributed by atoms with Crippen LogP contribution in [0, 0.1) is 0 Å². The number of anilines is 1. The normalized spacial score (nSPS) is 38.2. The van der Waals surface area contributed by atoms with Gasteiger partial charge in [0.15, 0.2) is 6.29 Å². The third-order valence-electron chi connectivity index (χ3n) is 4.30. The van der Waals surface area contributed by atoms with Crippen molar-refractivity contribution in [3.63, 3.8) is 0 Å². The lowest BCUT2D eigenvalue weighted by Gasteiger charge is -2.43. The van der Waals surface area contributed by atoms with Crippen molar-refractivity contribution in [2.75, 3.05) is 4.90 Å². The smallest absolute Gasteiger partial charge is 0.320 e. The van der Waals surface area contributed by atoms with Crippen molar-refractivity contribution in [1.29, 1.82) is 0 Å². The van der Waals surface area contributed by atoms with Gasteiger partial charge in [-0.1, -0.05) is 18.2 Å². The number of carbonyl (C=O) groups is 1. The third kappa shape index (κ3) is 1.59. The number of fused-ring (bicyclic) bond motifs is 3. The number of hydrogen-bond donors (Lipinski definition) is 2. The van der Waals surface area contributed by atoms with Crippen molar-refractivity contribution >= 4 is 11.7 Å². The lowest BCUT2D eigenvalue weighted by atomic mass is 9.96. The minimum Gasteiger partial charge on any atom is -0.480 e. The number of carboxylic acids is 1. The molecule has 3 atom stereocenters. The molecule has 0 bridgehead atoms. The molecule has 4 rings (SSSR count). The molecule has 0 unspecified atom stereocenters. The van der Waals surface area contributed by atoms with Gasteiger partial charge in [0.2, 0.25) is 6.41 Å². The zero-order valence-corrected chi connectivity index (χ0v) is 11.0. The fourth-order valence-electron chi connectivity index (χ4n) is 3.42. The Morgan fingerprint density at radius 3 is 2.85 bits per heavy atom. The molecule has 2 fully saturated rings. The first-order valence-corrected chi connectivity index (χ1v) is 6.82. The highest BCUT2D eigenvalue weighted by Gasteiger charge is 2.51. The Balaban J connectivity index is 1.69. The van der Waals surface area contributed by atoms with Gasteiger partial charge in [0.05, 0.1) is 6.17 Å². The van der Waals surface area contributed by atoms with Gasteiger partial charge in [-0.15, -0.1) is 0 Å². The number of nitrogens with one attached hydrogen (secondary N) is 1. The molecule has 3 aliphatic rings. The summed E-state index contributed by atoms with van der Waals surface area (Å²) in [5, 5.41) is 12.4. The van der Waals surface area contributed by atoms with Crippen molar-refractivity contribution in [2.24, 2.45) is 0 Å². The van der Waals surface area contributed by atoms with E-state index in [1.165, 1.54) is 5.56 Å².